The third-order valence-electron chi connectivity index (χ3n) is 4.68. The van der Waals surface area contributed by atoms with Crippen LogP contribution in [0.2, 0.25) is 0 Å². The smallest absolute Gasteiger partial charge is 0.337 e. The van der Waals surface area contributed by atoms with E-state index in [0.717, 1.165) is 5.56 Å². The van der Waals surface area contributed by atoms with Crippen molar-refractivity contribution in [2.45, 2.75) is 13.8 Å². The number of carbonyl (C=O) groups is 1. The van der Waals surface area contributed by atoms with E-state index in [1.165, 1.54) is 10.5 Å². The van der Waals surface area contributed by atoms with Crippen LogP contribution in [0.25, 0.3) is 11.3 Å². The summed E-state index contributed by atoms with van der Waals surface area (Å²) in [6.45, 7) is 11.3. The molecule has 0 saturated heterocycles. The molecule has 0 aliphatic rings. The number of nitrogens with one attached hydrogen (secondary N) is 2. The van der Waals surface area contributed by atoms with Crippen molar-refractivity contribution >= 4 is 28.8 Å². The molecule has 2 aromatic heterocycles. The summed E-state index contributed by atoms with van der Waals surface area (Å²) in [5.74, 6) is -0.732. The first kappa shape index (κ1) is 21.3. The van der Waals surface area contributed by atoms with Gasteiger partial charge in [-0.15, -0.1) is 0 Å². The molecular weight excluding hydrogens is 394 g/mol. The number of aromatic nitrogens is 2. The number of para-hydroxylation sites is 1. The fourth-order valence-electron chi connectivity index (χ4n) is 3.10. The number of aryl methyl sites for hydroxylation is 1. The van der Waals surface area contributed by atoms with Crippen molar-refractivity contribution < 1.29 is 9.90 Å². The van der Waals surface area contributed by atoms with E-state index in [-0.39, 0.29) is 17.7 Å². The van der Waals surface area contributed by atoms with Crippen LogP contribution < -0.4 is 16.2 Å². The molecule has 0 spiro atoms. The molecule has 156 valence electrons. The first-order valence-electron chi connectivity index (χ1n) is 9.37. The summed E-state index contributed by atoms with van der Waals surface area (Å²) in [5.41, 5.74) is 2.99. The van der Waals surface area contributed by atoms with Crippen LogP contribution in [0.5, 0.6) is 0 Å². The molecule has 0 atom stereocenters. The van der Waals surface area contributed by atoms with Gasteiger partial charge in [0.1, 0.15) is 5.82 Å². The average Bonchev–Trinajstić information content (AvgIpc) is 2.75. The number of nitriles is 1. The minimum Gasteiger partial charge on any atom is -0.478 e. The maximum Gasteiger partial charge on any atom is 0.337 e. The highest BCUT2D eigenvalue weighted by atomic mass is 16.4. The highest BCUT2D eigenvalue weighted by molar-refractivity contribution is 5.97. The Bertz CT molecular complexity index is 1330. The Hall–Kier alpha value is -4.38. The second kappa shape index (κ2) is 8.55. The van der Waals surface area contributed by atoms with Crippen LogP contribution in [0, 0.1) is 25.2 Å². The van der Waals surface area contributed by atoms with Crippen molar-refractivity contribution in [1.82, 2.24) is 9.38 Å². The van der Waals surface area contributed by atoms with E-state index in [2.05, 4.69) is 28.8 Å². The molecule has 0 saturated carbocycles. The molecule has 8 heteroatoms. The number of anilines is 2. The fraction of sp³-hybridized carbons (Fsp3) is 0.130. The van der Waals surface area contributed by atoms with E-state index in [1.807, 2.05) is 19.1 Å². The number of carboxylic acid groups (broad SMARTS) is 1. The zero-order valence-corrected chi connectivity index (χ0v) is 17.2. The molecule has 31 heavy (non-hydrogen) atoms. The van der Waals surface area contributed by atoms with E-state index in [9.17, 15) is 14.7 Å². The van der Waals surface area contributed by atoms with Gasteiger partial charge >= 0.3 is 5.97 Å². The number of rotatable bonds is 7. The van der Waals surface area contributed by atoms with E-state index in [1.54, 1.807) is 31.3 Å². The second-order valence-corrected chi connectivity index (χ2v) is 7.04. The maximum atomic E-state index is 13.0. The summed E-state index contributed by atoms with van der Waals surface area (Å²) in [4.78, 5) is 29.1. The summed E-state index contributed by atoms with van der Waals surface area (Å²) >= 11 is 0. The monoisotopic (exact) mass is 415 g/mol. The van der Waals surface area contributed by atoms with E-state index < -0.39 is 5.97 Å². The van der Waals surface area contributed by atoms with Crippen LogP contribution in [0.15, 0.2) is 60.1 Å². The predicted molar refractivity (Wildman–Crippen MR) is 120 cm³/mol. The van der Waals surface area contributed by atoms with E-state index in [0.29, 0.717) is 39.5 Å². The zero-order chi connectivity index (χ0) is 22.7. The van der Waals surface area contributed by atoms with Gasteiger partial charge in [-0.25, -0.2) is 9.78 Å². The molecule has 1 aromatic carbocycles. The van der Waals surface area contributed by atoms with Crippen LogP contribution in [-0.4, -0.2) is 27.0 Å². The lowest BCUT2D eigenvalue weighted by Crippen LogP contribution is -2.22. The number of fused-ring (bicyclic) bond motifs is 1. The van der Waals surface area contributed by atoms with Gasteiger partial charge in [-0.05, 0) is 37.6 Å². The summed E-state index contributed by atoms with van der Waals surface area (Å²) in [5, 5.41) is 24.4. The number of hydrogen-bond donors (Lipinski definition) is 3. The largest absolute Gasteiger partial charge is 0.478 e. The first-order valence-corrected chi connectivity index (χ1v) is 9.37. The van der Waals surface area contributed by atoms with E-state index >= 15 is 0 Å². The van der Waals surface area contributed by atoms with Gasteiger partial charge < -0.3 is 15.7 Å². The van der Waals surface area contributed by atoms with Crippen LogP contribution in [-0.2, 0) is 0 Å². The number of benzene rings is 1. The van der Waals surface area contributed by atoms with Crippen LogP contribution in [0.1, 0.15) is 27.0 Å². The highest BCUT2D eigenvalue weighted by Crippen LogP contribution is 2.25. The Morgan fingerprint density at radius 1 is 1.26 bits per heavy atom. The predicted octanol–water partition coefficient (Wildman–Crippen LogP) is 3.58. The molecule has 0 radical (unpaired) electrons. The Labute approximate surface area is 178 Å². The minimum absolute atomic E-state index is 0.0963. The number of carboxylic acids is 1. The third kappa shape index (κ3) is 4.31. The summed E-state index contributed by atoms with van der Waals surface area (Å²) in [6.07, 6.45) is 1.68. The van der Waals surface area contributed by atoms with Crippen molar-refractivity contribution in [3.05, 3.63) is 87.9 Å². The van der Waals surface area contributed by atoms with Gasteiger partial charge in [-0.3, -0.25) is 9.20 Å². The molecule has 0 aliphatic heterocycles. The van der Waals surface area contributed by atoms with Crippen molar-refractivity contribution in [3.63, 3.8) is 0 Å². The number of hydrogen-bond acceptors (Lipinski definition) is 6. The summed E-state index contributed by atoms with van der Waals surface area (Å²) in [6, 6.07) is 10.2. The lowest BCUT2D eigenvalue weighted by Gasteiger charge is -2.16. The lowest BCUT2D eigenvalue weighted by atomic mass is 10.1. The molecule has 3 aromatic rings. The Kier molecular flexibility index (Phi) is 5.88. The second-order valence-electron chi connectivity index (χ2n) is 7.04. The summed E-state index contributed by atoms with van der Waals surface area (Å²) in [7, 11) is 0. The van der Waals surface area contributed by atoms with Crippen molar-refractivity contribution in [2.24, 2.45) is 0 Å². The van der Waals surface area contributed by atoms with Gasteiger partial charge in [-0.1, -0.05) is 25.3 Å². The molecule has 2 heterocycles. The van der Waals surface area contributed by atoms with Gasteiger partial charge in [-0.2, -0.15) is 5.26 Å². The van der Waals surface area contributed by atoms with Crippen LogP contribution in [0.3, 0.4) is 0 Å². The molecule has 0 aliphatic carbocycles. The van der Waals surface area contributed by atoms with Gasteiger partial charge in [0.2, 0.25) is 0 Å². The molecule has 3 N–H and O–H groups in total. The highest BCUT2D eigenvalue weighted by Gasteiger charge is 2.16. The standard InChI is InChI=1S/C23H21N5O3/c1-13-9-18(16(4)26-19-8-6-5-7-17(19)23(30)31)21-27-20(25-11-14(2)10-24)15(3)22(29)28(21)12-13/h5-9,12,25-26H,2,4,11H2,1,3H3,(H,30,31). The normalized spacial score (nSPS) is 10.4. The molecule has 0 unspecified atom stereocenters. The molecule has 0 fully saturated rings. The summed E-state index contributed by atoms with van der Waals surface area (Å²) < 4.78 is 1.43. The van der Waals surface area contributed by atoms with Crippen molar-refractivity contribution in [2.75, 3.05) is 17.2 Å². The Morgan fingerprint density at radius 3 is 2.65 bits per heavy atom. The van der Waals surface area contributed by atoms with E-state index in [4.69, 9.17) is 5.26 Å². The van der Waals surface area contributed by atoms with Gasteiger partial charge in [0.25, 0.3) is 5.56 Å². The number of nitrogens with zero attached hydrogens (tertiary/aromatic N) is 3. The van der Waals surface area contributed by atoms with Crippen molar-refractivity contribution in [1.29, 1.82) is 5.26 Å². The Morgan fingerprint density at radius 2 is 1.97 bits per heavy atom. The topological polar surface area (TPSA) is 120 Å². The van der Waals surface area contributed by atoms with Gasteiger partial charge in [0.15, 0.2) is 5.65 Å². The SMILES string of the molecule is C=C(C#N)CNc1nc2c(C(=C)Nc3ccccc3C(=O)O)cc(C)cn2c(=O)c1C. The van der Waals surface area contributed by atoms with Gasteiger partial charge in [0, 0.05) is 23.0 Å². The molecule has 0 amide bonds. The molecular formula is C23H21N5O3. The maximum absolute atomic E-state index is 13.0. The first-order chi connectivity index (χ1) is 14.7. The molecule has 0 bridgehead atoms. The lowest BCUT2D eigenvalue weighted by molar-refractivity contribution is 0.0698. The minimum atomic E-state index is -1.07. The molecule has 8 nitrogen and oxygen atoms in total. The van der Waals surface area contributed by atoms with Crippen LogP contribution in [0.4, 0.5) is 11.5 Å². The van der Waals surface area contributed by atoms with Crippen molar-refractivity contribution in [3.8, 4) is 6.07 Å². The average molecular weight is 415 g/mol. The van der Waals surface area contributed by atoms with Crippen LogP contribution >= 0.6 is 0 Å². The quantitative estimate of drug-likeness (QED) is 0.505. The Balaban J connectivity index is 2.12. The third-order valence-corrected chi connectivity index (χ3v) is 4.68. The molecule has 3 rings (SSSR count). The fourth-order valence-corrected chi connectivity index (χ4v) is 3.10. The van der Waals surface area contributed by atoms with Gasteiger partial charge in [0.05, 0.1) is 29.4 Å². The number of aromatic carboxylic acids is 1. The number of pyridine rings is 1. The zero-order valence-electron chi connectivity index (χ0n) is 17.2.